The van der Waals surface area contributed by atoms with Crippen LogP contribution in [-0.4, -0.2) is 37.2 Å². The van der Waals surface area contributed by atoms with E-state index in [2.05, 4.69) is 57.2 Å². The maximum atomic E-state index is 12.8. The van der Waals surface area contributed by atoms with Gasteiger partial charge in [0.1, 0.15) is 13.2 Å². The van der Waals surface area contributed by atoms with Gasteiger partial charge in [-0.2, -0.15) is 0 Å². The molecule has 1 unspecified atom stereocenters. The van der Waals surface area contributed by atoms with Crippen LogP contribution >= 0.6 is 0 Å². The zero-order chi connectivity index (χ0) is 50.7. The number of allylic oxidation sites excluding steroid dienone is 6. The molecule has 0 fully saturated rings. The normalized spacial score (nSPS) is 12.2. The Morgan fingerprint density at radius 1 is 0.300 bits per heavy atom. The van der Waals surface area contributed by atoms with Crippen molar-refractivity contribution in [2.24, 2.45) is 0 Å². The van der Waals surface area contributed by atoms with E-state index in [1.165, 1.54) is 199 Å². The van der Waals surface area contributed by atoms with Crippen molar-refractivity contribution >= 4 is 17.9 Å². The van der Waals surface area contributed by atoms with Crippen molar-refractivity contribution in [3.05, 3.63) is 36.5 Å². The SMILES string of the molecule is CC/C=C\C/C=C\C/C=C\CCCCCCCC(=O)OC(COC(=O)CCCCCCCCC)COC(=O)CCCCCCCCCCCCCCCCCCCCCCCCCCCCCCCC. The summed E-state index contributed by atoms with van der Waals surface area (Å²) in [6.45, 7) is 6.52. The molecule has 0 N–H and O–H groups in total. The molecule has 0 radical (unpaired) electrons. The highest BCUT2D eigenvalue weighted by atomic mass is 16.6. The van der Waals surface area contributed by atoms with E-state index in [9.17, 15) is 14.4 Å². The quantitative estimate of drug-likeness (QED) is 0.0261. The van der Waals surface area contributed by atoms with Crippen LogP contribution < -0.4 is 0 Å². The standard InChI is InChI=1S/C64H118O6/c1-4-7-10-13-16-18-20-22-24-25-26-27-28-29-30-31-32-33-34-35-36-37-38-40-41-43-45-48-51-54-57-63(66)69-60-61(59-68-62(65)56-53-50-47-15-12-9-6-3)70-64(67)58-55-52-49-46-44-42-39-23-21-19-17-14-11-8-5-2/h8,11,17,19,23,39,61H,4-7,9-10,12-16,18,20-22,24-38,40-60H2,1-3H3/b11-8-,19-17-,39-23-. The lowest BCUT2D eigenvalue weighted by atomic mass is 10.0. The average molecular weight is 984 g/mol. The maximum Gasteiger partial charge on any atom is 0.306 e. The first-order valence-electron chi connectivity index (χ1n) is 31.0. The molecule has 0 aliphatic rings. The van der Waals surface area contributed by atoms with Crippen LogP contribution in [0.4, 0.5) is 0 Å². The van der Waals surface area contributed by atoms with Gasteiger partial charge in [-0.1, -0.05) is 301 Å². The first kappa shape index (κ1) is 67.6. The molecule has 0 bridgehead atoms. The summed E-state index contributed by atoms with van der Waals surface area (Å²) >= 11 is 0. The van der Waals surface area contributed by atoms with Crippen LogP contribution in [0, 0.1) is 0 Å². The molecular weight excluding hydrogens is 865 g/mol. The van der Waals surface area contributed by atoms with Gasteiger partial charge in [0, 0.05) is 19.3 Å². The first-order chi connectivity index (χ1) is 34.5. The molecule has 0 rings (SSSR count). The lowest BCUT2D eigenvalue weighted by Gasteiger charge is -2.18. The van der Waals surface area contributed by atoms with Crippen LogP contribution in [0.15, 0.2) is 36.5 Å². The Balaban J connectivity index is 3.99. The number of hydrogen-bond donors (Lipinski definition) is 0. The zero-order valence-corrected chi connectivity index (χ0v) is 47.1. The Kier molecular flexibility index (Phi) is 57.2. The minimum absolute atomic E-state index is 0.0753. The fourth-order valence-corrected chi connectivity index (χ4v) is 9.28. The molecule has 0 saturated carbocycles. The molecule has 410 valence electrons. The lowest BCUT2D eigenvalue weighted by molar-refractivity contribution is -0.167. The van der Waals surface area contributed by atoms with Crippen LogP contribution in [0.25, 0.3) is 0 Å². The van der Waals surface area contributed by atoms with Gasteiger partial charge in [-0.15, -0.1) is 0 Å². The Morgan fingerprint density at radius 2 is 0.557 bits per heavy atom. The van der Waals surface area contributed by atoms with Crippen LogP contribution in [-0.2, 0) is 28.6 Å². The van der Waals surface area contributed by atoms with Crippen molar-refractivity contribution in [1.82, 2.24) is 0 Å². The summed E-state index contributed by atoms with van der Waals surface area (Å²) in [7, 11) is 0. The number of unbranched alkanes of at least 4 members (excludes halogenated alkanes) is 40. The summed E-state index contributed by atoms with van der Waals surface area (Å²) in [6, 6.07) is 0. The van der Waals surface area contributed by atoms with E-state index in [0.29, 0.717) is 19.3 Å². The molecule has 0 saturated heterocycles. The van der Waals surface area contributed by atoms with E-state index in [0.717, 1.165) is 96.3 Å². The summed E-state index contributed by atoms with van der Waals surface area (Å²) < 4.78 is 16.8. The van der Waals surface area contributed by atoms with Crippen molar-refractivity contribution < 1.29 is 28.6 Å². The molecule has 0 aliphatic heterocycles. The molecular formula is C64H118O6. The number of carbonyl (C=O) groups is 3. The van der Waals surface area contributed by atoms with Gasteiger partial charge in [0.25, 0.3) is 0 Å². The van der Waals surface area contributed by atoms with Crippen LogP contribution in [0.5, 0.6) is 0 Å². The minimum atomic E-state index is -0.776. The Bertz CT molecular complexity index is 1170. The lowest BCUT2D eigenvalue weighted by Crippen LogP contribution is -2.30. The number of hydrogen-bond acceptors (Lipinski definition) is 6. The Hall–Kier alpha value is -2.37. The van der Waals surface area contributed by atoms with Gasteiger partial charge in [0.2, 0.25) is 0 Å². The molecule has 6 heteroatoms. The van der Waals surface area contributed by atoms with Gasteiger partial charge in [-0.25, -0.2) is 0 Å². The van der Waals surface area contributed by atoms with E-state index >= 15 is 0 Å². The maximum absolute atomic E-state index is 12.8. The fourth-order valence-electron chi connectivity index (χ4n) is 9.28. The van der Waals surface area contributed by atoms with Gasteiger partial charge < -0.3 is 14.2 Å². The van der Waals surface area contributed by atoms with E-state index < -0.39 is 6.10 Å². The van der Waals surface area contributed by atoms with Crippen molar-refractivity contribution in [3.8, 4) is 0 Å². The Morgan fingerprint density at radius 3 is 0.871 bits per heavy atom. The molecule has 0 heterocycles. The second-order valence-electron chi connectivity index (χ2n) is 21.0. The highest BCUT2D eigenvalue weighted by molar-refractivity contribution is 5.71. The smallest absolute Gasteiger partial charge is 0.306 e. The monoisotopic (exact) mass is 983 g/mol. The molecule has 6 nitrogen and oxygen atoms in total. The summed E-state index contributed by atoms with van der Waals surface area (Å²) in [5.74, 6) is -0.883. The molecule has 1 atom stereocenters. The van der Waals surface area contributed by atoms with Gasteiger partial charge in [-0.05, 0) is 51.4 Å². The summed E-state index contributed by atoms with van der Waals surface area (Å²) in [5.41, 5.74) is 0. The van der Waals surface area contributed by atoms with E-state index in [1.54, 1.807) is 0 Å². The molecule has 0 aliphatic carbocycles. The molecule has 0 spiro atoms. The van der Waals surface area contributed by atoms with Gasteiger partial charge in [0.05, 0.1) is 0 Å². The number of ether oxygens (including phenoxy) is 3. The fraction of sp³-hybridized carbons (Fsp3) is 0.859. The third kappa shape index (κ3) is 56.5. The highest BCUT2D eigenvalue weighted by Crippen LogP contribution is 2.18. The highest BCUT2D eigenvalue weighted by Gasteiger charge is 2.19. The van der Waals surface area contributed by atoms with E-state index in [4.69, 9.17) is 14.2 Å². The molecule has 70 heavy (non-hydrogen) atoms. The predicted molar refractivity (Wildman–Crippen MR) is 302 cm³/mol. The van der Waals surface area contributed by atoms with Crippen LogP contribution in [0.1, 0.15) is 335 Å². The largest absolute Gasteiger partial charge is 0.462 e. The number of esters is 3. The van der Waals surface area contributed by atoms with Gasteiger partial charge in [0.15, 0.2) is 6.10 Å². The van der Waals surface area contributed by atoms with Gasteiger partial charge >= 0.3 is 17.9 Å². The molecule has 0 aromatic rings. The third-order valence-corrected chi connectivity index (χ3v) is 13.9. The second-order valence-corrected chi connectivity index (χ2v) is 21.0. The Labute approximate surface area is 435 Å². The molecule has 0 aromatic carbocycles. The van der Waals surface area contributed by atoms with Crippen molar-refractivity contribution in [2.75, 3.05) is 13.2 Å². The second kappa shape index (κ2) is 59.2. The number of carbonyl (C=O) groups excluding carboxylic acids is 3. The van der Waals surface area contributed by atoms with Gasteiger partial charge in [-0.3, -0.25) is 14.4 Å². The minimum Gasteiger partial charge on any atom is -0.462 e. The molecule has 0 aromatic heterocycles. The zero-order valence-electron chi connectivity index (χ0n) is 47.1. The van der Waals surface area contributed by atoms with E-state index in [-0.39, 0.29) is 31.1 Å². The van der Waals surface area contributed by atoms with E-state index in [1.807, 2.05) is 0 Å². The molecule has 0 amide bonds. The third-order valence-electron chi connectivity index (χ3n) is 13.9. The summed E-state index contributed by atoms with van der Waals surface area (Å²) in [6.07, 6.45) is 72.0. The topological polar surface area (TPSA) is 78.9 Å². The van der Waals surface area contributed by atoms with Crippen LogP contribution in [0.3, 0.4) is 0 Å². The predicted octanol–water partition coefficient (Wildman–Crippen LogP) is 20.8. The van der Waals surface area contributed by atoms with Crippen LogP contribution in [0.2, 0.25) is 0 Å². The van der Waals surface area contributed by atoms with Crippen molar-refractivity contribution in [2.45, 2.75) is 341 Å². The van der Waals surface area contributed by atoms with Crippen molar-refractivity contribution in [1.29, 1.82) is 0 Å². The number of rotatable bonds is 57. The first-order valence-corrected chi connectivity index (χ1v) is 31.0. The average Bonchev–Trinajstić information content (AvgIpc) is 3.36. The summed E-state index contributed by atoms with van der Waals surface area (Å²) in [5, 5.41) is 0. The summed E-state index contributed by atoms with van der Waals surface area (Å²) in [4.78, 5) is 37.9. The van der Waals surface area contributed by atoms with Crippen molar-refractivity contribution in [3.63, 3.8) is 0 Å².